The summed E-state index contributed by atoms with van der Waals surface area (Å²) in [7, 11) is 1.62. The molecule has 5 nitrogen and oxygen atoms in total. The number of aromatic nitrogens is 1. The molecule has 0 fully saturated rings. The highest BCUT2D eigenvalue weighted by molar-refractivity contribution is 14.0. The van der Waals surface area contributed by atoms with Crippen LogP contribution in [-0.4, -0.2) is 31.1 Å². The van der Waals surface area contributed by atoms with Gasteiger partial charge in [-0.3, -0.25) is 0 Å². The van der Waals surface area contributed by atoms with Gasteiger partial charge in [0.05, 0.1) is 19.3 Å². The highest BCUT2D eigenvalue weighted by Crippen LogP contribution is 2.07. The van der Waals surface area contributed by atoms with Gasteiger partial charge in [-0.05, 0) is 25.0 Å². The Kier molecular flexibility index (Phi) is 9.83. The second-order valence-corrected chi connectivity index (χ2v) is 5.03. The van der Waals surface area contributed by atoms with E-state index < -0.39 is 0 Å². The van der Waals surface area contributed by atoms with Gasteiger partial charge in [0.1, 0.15) is 0 Å². The lowest BCUT2D eigenvalue weighted by molar-refractivity contribution is 0.396. The zero-order valence-corrected chi connectivity index (χ0v) is 16.5. The van der Waals surface area contributed by atoms with Crippen LogP contribution in [0.2, 0.25) is 0 Å². The smallest absolute Gasteiger partial charge is 0.213 e. The molecule has 2 rings (SSSR count). The maximum Gasteiger partial charge on any atom is 0.213 e. The summed E-state index contributed by atoms with van der Waals surface area (Å²) < 4.78 is 5.13. The average Bonchev–Trinajstić information content (AvgIpc) is 2.61. The van der Waals surface area contributed by atoms with Crippen molar-refractivity contribution >= 4 is 29.9 Å². The average molecular weight is 440 g/mol. The summed E-state index contributed by atoms with van der Waals surface area (Å²) in [6, 6.07) is 16.1. The minimum atomic E-state index is 0. The minimum absolute atomic E-state index is 0. The van der Waals surface area contributed by atoms with Gasteiger partial charge in [-0.25, -0.2) is 9.98 Å². The second-order valence-electron chi connectivity index (χ2n) is 5.03. The normalized spacial score (nSPS) is 10.7. The fraction of sp³-hybridized carbons (Fsp3) is 0.333. The van der Waals surface area contributed by atoms with Crippen LogP contribution in [0.15, 0.2) is 53.5 Å². The molecule has 0 radical (unpaired) electrons. The molecule has 24 heavy (non-hydrogen) atoms. The van der Waals surface area contributed by atoms with Gasteiger partial charge in [0.25, 0.3) is 0 Å². The molecule has 2 N–H and O–H groups in total. The standard InChI is InChI=1S/C18H24N4O.HI/c1-3-19-18(20-13-12-15-8-5-4-6-9-15)21-14-16-10-7-11-17(22-16)23-2;/h4-11H,3,12-14H2,1-2H3,(H2,19,20,21);1H. The first-order valence-corrected chi connectivity index (χ1v) is 7.88. The Balaban J connectivity index is 0.00000288. The first-order chi connectivity index (χ1) is 11.3. The minimum Gasteiger partial charge on any atom is -0.481 e. The second kappa shape index (κ2) is 11.7. The van der Waals surface area contributed by atoms with Crippen LogP contribution in [0.3, 0.4) is 0 Å². The maximum atomic E-state index is 5.13. The number of ether oxygens (including phenoxy) is 1. The molecule has 6 heteroatoms. The van der Waals surface area contributed by atoms with E-state index in [9.17, 15) is 0 Å². The molecule has 1 heterocycles. The number of hydrogen-bond acceptors (Lipinski definition) is 3. The van der Waals surface area contributed by atoms with E-state index in [2.05, 4.69) is 51.8 Å². The van der Waals surface area contributed by atoms with Crippen molar-refractivity contribution in [2.45, 2.75) is 19.9 Å². The fourth-order valence-electron chi connectivity index (χ4n) is 2.13. The van der Waals surface area contributed by atoms with Gasteiger partial charge in [0.2, 0.25) is 5.88 Å². The van der Waals surface area contributed by atoms with E-state index >= 15 is 0 Å². The van der Waals surface area contributed by atoms with Gasteiger partial charge < -0.3 is 15.4 Å². The zero-order chi connectivity index (χ0) is 16.3. The van der Waals surface area contributed by atoms with Gasteiger partial charge >= 0.3 is 0 Å². The molecule has 0 unspecified atom stereocenters. The third-order valence-corrected chi connectivity index (χ3v) is 3.28. The Morgan fingerprint density at radius 1 is 1.08 bits per heavy atom. The first-order valence-electron chi connectivity index (χ1n) is 7.88. The Labute approximate surface area is 161 Å². The molecule has 0 aliphatic carbocycles. The molecule has 130 valence electrons. The van der Waals surface area contributed by atoms with Crippen LogP contribution in [0.5, 0.6) is 5.88 Å². The van der Waals surface area contributed by atoms with Crippen molar-refractivity contribution in [2.24, 2.45) is 4.99 Å². The van der Waals surface area contributed by atoms with Crippen molar-refractivity contribution < 1.29 is 4.74 Å². The van der Waals surface area contributed by atoms with Gasteiger partial charge in [-0.2, -0.15) is 0 Å². The number of guanidine groups is 1. The molecular formula is C18H25IN4O. The topological polar surface area (TPSA) is 58.5 Å². The molecule has 0 saturated heterocycles. The van der Waals surface area contributed by atoms with Crippen LogP contribution >= 0.6 is 24.0 Å². The predicted molar refractivity (Wildman–Crippen MR) is 109 cm³/mol. The fourth-order valence-corrected chi connectivity index (χ4v) is 2.13. The van der Waals surface area contributed by atoms with Crippen molar-refractivity contribution in [2.75, 3.05) is 20.2 Å². The van der Waals surface area contributed by atoms with E-state index in [1.165, 1.54) is 5.56 Å². The van der Waals surface area contributed by atoms with E-state index in [0.29, 0.717) is 12.4 Å². The van der Waals surface area contributed by atoms with Crippen LogP contribution in [0.25, 0.3) is 0 Å². The Hall–Kier alpha value is -1.83. The van der Waals surface area contributed by atoms with Crippen molar-refractivity contribution in [3.05, 3.63) is 59.8 Å². The molecule has 0 bridgehead atoms. The quantitative estimate of drug-likeness (QED) is 0.395. The molecule has 1 aromatic carbocycles. The van der Waals surface area contributed by atoms with E-state index in [4.69, 9.17) is 4.74 Å². The zero-order valence-electron chi connectivity index (χ0n) is 14.2. The summed E-state index contributed by atoms with van der Waals surface area (Å²) in [5, 5.41) is 6.60. The number of nitrogens with zero attached hydrogens (tertiary/aromatic N) is 2. The lowest BCUT2D eigenvalue weighted by Gasteiger charge is -2.11. The number of nitrogens with one attached hydrogen (secondary N) is 2. The van der Waals surface area contributed by atoms with E-state index in [0.717, 1.165) is 31.2 Å². The van der Waals surface area contributed by atoms with E-state index in [-0.39, 0.29) is 24.0 Å². The molecule has 0 aliphatic rings. The molecule has 0 amide bonds. The third kappa shape index (κ3) is 7.16. The summed E-state index contributed by atoms with van der Waals surface area (Å²) in [5.41, 5.74) is 2.19. The molecular weight excluding hydrogens is 415 g/mol. The van der Waals surface area contributed by atoms with Crippen LogP contribution < -0.4 is 15.4 Å². The van der Waals surface area contributed by atoms with Crippen LogP contribution in [0.1, 0.15) is 18.2 Å². The van der Waals surface area contributed by atoms with Crippen molar-refractivity contribution in [3.8, 4) is 5.88 Å². The van der Waals surface area contributed by atoms with Gasteiger partial charge in [-0.15, -0.1) is 24.0 Å². The molecule has 1 aromatic heterocycles. The summed E-state index contributed by atoms with van der Waals surface area (Å²) >= 11 is 0. The highest BCUT2D eigenvalue weighted by atomic mass is 127. The van der Waals surface area contributed by atoms with Gasteiger partial charge in [0.15, 0.2) is 5.96 Å². The van der Waals surface area contributed by atoms with Gasteiger partial charge in [0, 0.05) is 19.2 Å². The lowest BCUT2D eigenvalue weighted by Crippen LogP contribution is -2.38. The number of aliphatic imine (C=N–C) groups is 1. The monoisotopic (exact) mass is 440 g/mol. The largest absolute Gasteiger partial charge is 0.481 e. The van der Waals surface area contributed by atoms with Crippen molar-refractivity contribution in [1.29, 1.82) is 0 Å². The number of benzene rings is 1. The molecule has 0 atom stereocenters. The Morgan fingerprint density at radius 2 is 1.88 bits per heavy atom. The number of hydrogen-bond donors (Lipinski definition) is 2. The van der Waals surface area contributed by atoms with E-state index in [1.54, 1.807) is 7.11 Å². The number of pyridine rings is 1. The Bertz CT molecular complexity index is 619. The first kappa shape index (κ1) is 20.2. The SMILES string of the molecule is CCNC(=NCc1cccc(OC)n1)NCCc1ccccc1.I. The number of halogens is 1. The van der Waals surface area contributed by atoms with Gasteiger partial charge in [-0.1, -0.05) is 36.4 Å². The van der Waals surface area contributed by atoms with Crippen molar-refractivity contribution in [3.63, 3.8) is 0 Å². The highest BCUT2D eigenvalue weighted by Gasteiger charge is 2.00. The summed E-state index contributed by atoms with van der Waals surface area (Å²) in [5.74, 6) is 1.41. The molecule has 0 aliphatic heterocycles. The van der Waals surface area contributed by atoms with Crippen LogP contribution in [-0.2, 0) is 13.0 Å². The van der Waals surface area contributed by atoms with Crippen LogP contribution in [0.4, 0.5) is 0 Å². The van der Waals surface area contributed by atoms with E-state index in [1.807, 2.05) is 24.3 Å². The molecule has 0 spiro atoms. The lowest BCUT2D eigenvalue weighted by atomic mass is 10.1. The number of rotatable bonds is 7. The van der Waals surface area contributed by atoms with Crippen LogP contribution in [0, 0.1) is 0 Å². The molecule has 2 aromatic rings. The predicted octanol–water partition coefficient (Wildman–Crippen LogP) is 3.01. The maximum absolute atomic E-state index is 5.13. The van der Waals surface area contributed by atoms with Crippen molar-refractivity contribution in [1.82, 2.24) is 15.6 Å². The summed E-state index contributed by atoms with van der Waals surface area (Å²) in [6.07, 6.45) is 0.961. The molecule has 0 saturated carbocycles. The summed E-state index contributed by atoms with van der Waals surface area (Å²) in [6.45, 7) is 4.22. The third-order valence-electron chi connectivity index (χ3n) is 3.28. The Morgan fingerprint density at radius 3 is 2.58 bits per heavy atom. The number of methoxy groups -OCH3 is 1. The summed E-state index contributed by atoms with van der Waals surface area (Å²) in [4.78, 5) is 8.93.